The van der Waals surface area contributed by atoms with Crippen LogP contribution in [0, 0.1) is 17.8 Å². The van der Waals surface area contributed by atoms with Gasteiger partial charge in [0.25, 0.3) is 0 Å². The third-order valence-corrected chi connectivity index (χ3v) is 4.33. The highest BCUT2D eigenvalue weighted by Crippen LogP contribution is 2.42. The Kier molecular flexibility index (Phi) is 4.19. The molecular weight excluding hydrogens is 234 g/mol. The highest BCUT2D eigenvalue weighted by atomic mass is 16.5. The van der Waals surface area contributed by atoms with E-state index in [9.17, 15) is 0 Å². The topological polar surface area (TPSA) is 21.3 Å². The van der Waals surface area contributed by atoms with E-state index >= 15 is 0 Å². The molecule has 0 radical (unpaired) electrons. The molecule has 102 valence electrons. The Hall–Kier alpha value is -1.28. The van der Waals surface area contributed by atoms with Crippen LogP contribution < -0.4 is 10.1 Å². The van der Waals surface area contributed by atoms with Crippen molar-refractivity contribution in [3.05, 3.63) is 42.5 Å². The molecule has 1 fully saturated rings. The Balaban J connectivity index is 1.25. The van der Waals surface area contributed by atoms with Gasteiger partial charge in [-0.1, -0.05) is 30.4 Å². The molecule has 0 spiro atoms. The highest BCUT2D eigenvalue weighted by Gasteiger charge is 2.34. The Labute approximate surface area is 115 Å². The molecule has 1 N–H and O–H groups in total. The van der Waals surface area contributed by atoms with Crippen LogP contribution in [0.3, 0.4) is 0 Å². The van der Waals surface area contributed by atoms with E-state index in [1.165, 1.54) is 19.4 Å². The molecule has 0 aromatic heterocycles. The number of benzene rings is 1. The molecule has 2 nitrogen and oxygen atoms in total. The van der Waals surface area contributed by atoms with Gasteiger partial charge in [-0.25, -0.2) is 0 Å². The maximum absolute atomic E-state index is 5.68. The summed E-state index contributed by atoms with van der Waals surface area (Å²) in [7, 11) is 0. The fourth-order valence-corrected chi connectivity index (χ4v) is 3.32. The van der Waals surface area contributed by atoms with Crippen LogP contribution in [0.1, 0.15) is 19.3 Å². The molecule has 1 saturated carbocycles. The zero-order chi connectivity index (χ0) is 12.9. The molecule has 0 amide bonds. The van der Waals surface area contributed by atoms with Crippen molar-refractivity contribution in [1.82, 2.24) is 5.32 Å². The summed E-state index contributed by atoms with van der Waals surface area (Å²) >= 11 is 0. The smallest absolute Gasteiger partial charge is 0.119 e. The van der Waals surface area contributed by atoms with E-state index in [-0.39, 0.29) is 0 Å². The standard InChI is InChI=1S/C17H23NO/c1-2-5-17(6-3-1)19-10-4-9-18-13-16-12-14-7-8-15(16)11-14/h1-3,5-8,14-16,18H,4,9-13H2. The molecule has 3 atom stereocenters. The maximum Gasteiger partial charge on any atom is 0.119 e. The number of ether oxygens (including phenoxy) is 1. The van der Waals surface area contributed by atoms with Crippen molar-refractivity contribution in [2.45, 2.75) is 19.3 Å². The number of hydrogen-bond acceptors (Lipinski definition) is 2. The van der Waals surface area contributed by atoms with Gasteiger partial charge in [0.05, 0.1) is 6.61 Å². The number of allylic oxidation sites excluding steroid dienone is 2. The van der Waals surface area contributed by atoms with Crippen LogP contribution in [0.15, 0.2) is 42.5 Å². The molecular formula is C17H23NO. The Morgan fingerprint density at radius 3 is 2.74 bits per heavy atom. The number of hydrogen-bond donors (Lipinski definition) is 1. The first-order chi connectivity index (χ1) is 9.42. The monoisotopic (exact) mass is 257 g/mol. The minimum Gasteiger partial charge on any atom is -0.494 e. The lowest BCUT2D eigenvalue weighted by Crippen LogP contribution is -2.27. The third kappa shape index (κ3) is 3.38. The summed E-state index contributed by atoms with van der Waals surface area (Å²) < 4.78 is 5.68. The second-order valence-corrected chi connectivity index (χ2v) is 5.76. The van der Waals surface area contributed by atoms with Crippen LogP contribution in [0.4, 0.5) is 0 Å². The van der Waals surface area contributed by atoms with E-state index < -0.39 is 0 Å². The van der Waals surface area contributed by atoms with Gasteiger partial charge in [0, 0.05) is 0 Å². The normalized spacial score (nSPS) is 27.9. The quantitative estimate of drug-likeness (QED) is 0.598. The van der Waals surface area contributed by atoms with Gasteiger partial charge in [-0.15, -0.1) is 0 Å². The van der Waals surface area contributed by atoms with Gasteiger partial charge in [0.2, 0.25) is 0 Å². The van der Waals surface area contributed by atoms with Gasteiger partial charge >= 0.3 is 0 Å². The van der Waals surface area contributed by atoms with Crippen molar-refractivity contribution in [2.24, 2.45) is 17.8 Å². The summed E-state index contributed by atoms with van der Waals surface area (Å²) in [5.41, 5.74) is 0. The lowest BCUT2D eigenvalue weighted by Gasteiger charge is -2.18. The van der Waals surface area contributed by atoms with Crippen LogP contribution in [-0.2, 0) is 0 Å². The Morgan fingerprint density at radius 2 is 2.00 bits per heavy atom. The van der Waals surface area contributed by atoms with Gasteiger partial charge in [0.1, 0.15) is 5.75 Å². The summed E-state index contributed by atoms with van der Waals surface area (Å²) in [5.74, 6) is 3.60. The third-order valence-electron chi connectivity index (χ3n) is 4.33. The lowest BCUT2D eigenvalue weighted by molar-refractivity contribution is 0.304. The van der Waals surface area contributed by atoms with Crippen LogP contribution in [-0.4, -0.2) is 19.7 Å². The minimum absolute atomic E-state index is 0.799. The Bertz CT molecular complexity index is 415. The number of nitrogens with one attached hydrogen (secondary N) is 1. The first-order valence-corrected chi connectivity index (χ1v) is 7.49. The van der Waals surface area contributed by atoms with E-state index in [0.29, 0.717) is 0 Å². The maximum atomic E-state index is 5.68. The van der Waals surface area contributed by atoms with Gasteiger partial charge < -0.3 is 10.1 Å². The zero-order valence-corrected chi connectivity index (χ0v) is 11.4. The summed E-state index contributed by atoms with van der Waals surface area (Å²) in [4.78, 5) is 0. The van der Waals surface area contributed by atoms with Crippen LogP contribution >= 0.6 is 0 Å². The predicted molar refractivity (Wildman–Crippen MR) is 78.3 cm³/mol. The van der Waals surface area contributed by atoms with Gasteiger partial charge in [0.15, 0.2) is 0 Å². The van der Waals surface area contributed by atoms with Gasteiger partial charge in [-0.3, -0.25) is 0 Å². The number of para-hydroxylation sites is 1. The van der Waals surface area contributed by atoms with E-state index in [0.717, 1.165) is 43.1 Å². The molecule has 1 aromatic carbocycles. The predicted octanol–water partition coefficient (Wildman–Crippen LogP) is 3.26. The van der Waals surface area contributed by atoms with E-state index in [2.05, 4.69) is 17.5 Å². The van der Waals surface area contributed by atoms with Crippen molar-refractivity contribution in [2.75, 3.05) is 19.7 Å². The largest absolute Gasteiger partial charge is 0.494 e. The summed E-state index contributed by atoms with van der Waals surface area (Å²) in [6, 6.07) is 10.1. The second kappa shape index (κ2) is 6.25. The van der Waals surface area contributed by atoms with Crippen molar-refractivity contribution in [3.63, 3.8) is 0 Å². The molecule has 0 aliphatic heterocycles. The molecule has 2 heteroatoms. The Morgan fingerprint density at radius 1 is 1.11 bits per heavy atom. The average Bonchev–Trinajstić information content (AvgIpc) is 3.06. The van der Waals surface area contributed by atoms with Crippen LogP contribution in [0.2, 0.25) is 0 Å². The fraction of sp³-hybridized carbons (Fsp3) is 0.529. The van der Waals surface area contributed by atoms with E-state index in [4.69, 9.17) is 4.74 Å². The van der Waals surface area contributed by atoms with Crippen LogP contribution in [0.25, 0.3) is 0 Å². The molecule has 2 aliphatic rings. The molecule has 0 heterocycles. The minimum atomic E-state index is 0.799. The SMILES string of the molecule is C1=CC2CC1CC2CNCCCOc1ccccc1. The molecule has 3 unspecified atom stereocenters. The first-order valence-electron chi connectivity index (χ1n) is 7.49. The second-order valence-electron chi connectivity index (χ2n) is 5.76. The summed E-state index contributed by atoms with van der Waals surface area (Å²) in [6.45, 7) is 3.04. The van der Waals surface area contributed by atoms with Gasteiger partial charge in [-0.2, -0.15) is 0 Å². The molecule has 3 rings (SSSR count). The van der Waals surface area contributed by atoms with E-state index in [1.54, 1.807) is 0 Å². The highest BCUT2D eigenvalue weighted by molar-refractivity contribution is 5.20. The fourth-order valence-electron chi connectivity index (χ4n) is 3.32. The molecule has 0 saturated heterocycles. The van der Waals surface area contributed by atoms with E-state index in [1.807, 2.05) is 30.3 Å². The van der Waals surface area contributed by atoms with Crippen molar-refractivity contribution >= 4 is 0 Å². The molecule has 2 aliphatic carbocycles. The number of rotatable bonds is 7. The summed E-state index contributed by atoms with van der Waals surface area (Å²) in [6.07, 6.45) is 8.72. The van der Waals surface area contributed by atoms with Crippen molar-refractivity contribution in [3.8, 4) is 5.75 Å². The average molecular weight is 257 g/mol. The zero-order valence-electron chi connectivity index (χ0n) is 11.4. The lowest BCUT2D eigenvalue weighted by atomic mass is 9.94. The molecule has 1 aromatic rings. The number of fused-ring (bicyclic) bond motifs is 2. The molecule has 19 heavy (non-hydrogen) atoms. The summed E-state index contributed by atoms with van der Waals surface area (Å²) in [5, 5.41) is 3.58. The van der Waals surface area contributed by atoms with Crippen molar-refractivity contribution < 1.29 is 4.74 Å². The van der Waals surface area contributed by atoms with Crippen molar-refractivity contribution in [1.29, 1.82) is 0 Å². The van der Waals surface area contributed by atoms with Gasteiger partial charge in [-0.05, 0) is 62.2 Å². The van der Waals surface area contributed by atoms with Crippen LogP contribution in [0.5, 0.6) is 5.75 Å². The first kappa shape index (κ1) is 12.7. The molecule has 2 bridgehead atoms.